The maximum absolute atomic E-state index is 13.9. The van der Waals surface area contributed by atoms with E-state index in [1.807, 2.05) is 36.4 Å². The number of hydrogen-bond acceptors (Lipinski definition) is 5. The van der Waals surface area contributed by atoms with Gasteiger partial charge < -0.3 is 15.0 Å². The molecular weight excluding hydrogens is 514 g/mol. The van der Waals surface area contributed by atoms with Crippen LogP contribution < -0.4 is 14.4 Å². The molecule has 37 heavy (non-hydrogen) atoms. The van der Waals surface area contributed by atoms with E-state index in [0.717, 1.165) is 21.7 Å². The van der Waals surface area contributed by atoms with Gasteiger partial charge in [0.05, 0.1) is 24.1 Å². The quantitative estimate of drug-likeness (QED) is 0.399. The van der Waals surface area contributed by atoms with Crippen molar-refractivity contribution in [3.63, 3.8) is 0 Å². The smallest absolute Gasteiger partial charge is 0.244 e. The molecule has 8 nitrogen and oxygen atoms in total. The molecule has 0 fully saturated rings. The number of ether oxygens (including phenoxy) is 1. The van der Waals surface area contributed by atoms with Gasteiger partial charge in [0.15, 0.2) is 0 Å². The van der Waals surface area contributed by atoms with Gasteiger partial charge in [-0.1, -0.05) is 66.2 Å². The minimum atomic E-state index is -3.88. The van der Waals surface area contributed by atoms with E-state index in [2.05, 4.69) is 5.32 Å². The molecule has 1 atom stereocenters. The van der Waals surface area contributed by atoms with Gasteiger partial charge in [0.1, 0.15) is 18.3 Å². The molecule has 0 heterocycles. The van der Waals surface area contributed by atoms with Crippen molar-refractivity contribution in [2.45, 2.75) is 19.0 Å². The first kappa shape index (κ1) is 28.0. The van der Waals surface area contributed by atoms with Crippen LogP contribution in [0.3, 0.4) is 0 Å². The summed E-state index contributed by atoms with van der Waals surface area (Å²) in [5.41, 5.74) is 1.75. The fourth-order valence-corrected chi connectivity index (χ4v) is 5.09. The van der Waals surface area contributed by atoms with Crippen molar-refractivity contribution in [1.82, 2.24) is 10.2 Å². The van der Waals surface area contributed by atoms with Crippen molar-refractivity contribution >= 4 is 39.1 Å². The van der Waals surface area contributed by atoms with Crippen molar-refractivity contribution in [3.05, 3.63) is 95.0 Å². The number of likely N-dealkylation sites (N-methyl/N-ethyl adjacent to an activating group) is 1. The number of methoxy groups -OCH3 is 1. The standard InChI is InChI=1S/C27H30ClN3O5S/c1-29-27(33)25(17-20-10-5-4-6-11-20)30(18-21-12-9-13-22(16-21)36-2)26(32)19-31(37(3,34)35)24-15-8-7-14-23(24)28/h4-16,25H,17-19H2,1-3H3,(H,29,33)/t25-/m0/s1. The lowest BCUT2D eigenvalue weighted by molar-refractivity contribution is -0.139. The highest BCUT2D eigenvalue weighted by Gasteiger charge is 2.33. The lowest BCUT2D eigenvalue weighted by Gasteiger charge is -2.33. The summed E-state index contributed by atoms with van der Waals surface area (Å²) >= 11 is 6.28. The average Bonchev–Trinajstić information content (AvgIpc) is 2.89. The number of amides is 2. The molecule has 0 radical (unpaired) electrons. The lowest BCUT2D eigenvalue weighted by Crippen LogP contribution is -2.52. The summed E-state index contributed by atoms with van der Waals surface area (Å²) in [5, 5.41) is 2.83. The molecule has 0 aliphatic rings. The fourth-order valence-electron chi connectivity index (χ4n) is 3.94. The third-order valence-electron chi connectivity index (χ3n) is 5.80. The SMILES string of the molecule is CNC(=O)[C@H](Cc1ccccc1)N(Cc1cccc(OC)c1)C(=O)CN(c1ccccc1Cl)S(C)(=O)=O. The number of hydrogen-bond donors (Lipinski definition) is 1. The largest absolute Gasteiger partial charge is 0.497 e. The average molecular weight is 544 g/mol. The Morgan fingerprint density at radius 3 is 2.24 bits per heavy atom. The highest BCUT2D eigenvalue weighted by Crippen LogP contribution is 2.28. The van der Waals surface area contributed by atoms with Gasteiger partial charge in [-0.25, -0.2) is 8.42 Å². The molecule has 0 spiro atoms. The highest BCUT2D eigenvalue weighted by atomic mass is 35.5. The zero-order chi connectivity index (χ0) is 27.0. The number of nitrogens with one attached hydrogen (secondary N) is 1. The van der Waals surface area contributed by atoms with E-state index in [1.165, 1.54) is 18.0 Å². The molecule has 0 aliphatic carbocycles. The van der Waals surface area contributed by atoms with Gasteiger partial charge in [-0.2, -0.15) is 0 Å². The summed E-state index contributed by atoms with van der Waals surface area (Å²) in [6.07, 6.45) is 1.25. The number of sulfonamides is 1. The number of halogens is 1. The van der Waals surface area contributed by atoms with Crippen molar-refractivity contribution in [2.75, 3.05) is 31.3 Å². The molecule has 0 bridgehead atoms. The van der Waals surface area contributed by atoms with E-state index in [-0.39, 0.29) is 29.6 Å². The maximum atomic E-state index is 13.9. The van der Waals surface area contributed by atoms with Gasteiger partial charge in [-0.15, -0.1) is 0 Å². The Morgan fingerprint density at radius 2 is 1.62 bits per heavy atom. The van der Waals surface area contributed by atoms with Gasteiger partial charge in [0.25, 0.3) is 0 Å². The van der Waals surface area contributed by atoms with Crippen molar-refractivity contribution < 1.29 is 22.7 Å². The molecule has 3 rings (SSSR count). The van der Waals surface area contributed by atoms with Gasteiger partial charge in [0.2, 0.25) is 21.8 Å². The van der Waals surface area contributed by atoms with Crippen LogP contribution >= 0.6 is 11.6 Å². The second-order valence-electron chi connectivity index (χ2n) is 8.41. The van der Waals surface area contributed by atoms with Gasteiger partial charge in [-0.3, -0.25) is 13.9 Å². The van der Waals surface area contributed by atoms with E-state index in [1.54, 1.807) is 43.5 Å². The second-order valence-corrected chi connectivity index (χ2v) is 10.7. The zero-order valence-corrected chi connectivity index (χ0v) is 22.5. The number of carbonyl (C=O) groups excluding carboxylic acids is 2. The zero-order valence-electron chi connectivity index (χ0n) is 20.9. The van der Waals surface area contributed by atoms with Gasteiger partial charge in [0, 0.05) is 20.0 Å². The Bertz CT molecular complexity index is 1330. The molecule has 2 amide bonds. The van der Waals surface area contributed by atoms with Crippen molar-refractivity contribution in [1.29, 1.82) is 0 Å². The van der Waals surface area contributed by atoms with Gasteiger partial charge in [-0.05, 0) is 35.4 Å². The van der Waals surface area contributed by atoms with Crippen LogP contribution in [0.1, 0.15) is 11.1 Å². The maximum Gasteiger partial charge on any atom is 0.244 e. The third kappa shape index (κ3) is 7.47. The van der Waals surface area contributed by atoms with Crippen LogP contribution in [0.15, 0.2) is 78.9 Å². The minimum Gasteiger partial charge on any atom is -0.497 e. The Hall–Kier alpha value is -3.56. The predicted octanol–water partition coefficient (Wildman–Crippen LogP) is 3.50. The predicted molar refractivity (Wildman–Crippen MR) is 145 cm³/mol. The van der Waals surface area contributed by atoms with E-state index in [0.29, 0.717) is 5.75 Å². The van der Waals surface area contributed by atoms with Crippen LogP contribution in [0.25, 0.3) is 0 Å². The molecule has 0 saturated heterocycles. The molecule has 196 valence electrons. The van der Waals surface area contributed by atoms with Crippen LogP contribution in [-0.2, 0) is 32.6 Å². The first-order chi connectivity index (χ1) is 17.6. The van der Waals surface area contributed by atoms with Crippen LogP contribution in [0.4, 0.5) is 5.69 Å². The third-order valence-corrected chi connectivity index (χ3v) is 7.25. The number of para-hydroxylation sites is 1. The molecule has 0 saturated carbocycles. The van der Waals surface area contributed by atoms with Crippen LogP contribution in [0.5, 0.6) is 5.75 Å². The lowest BCUT2D eigenvalue weighted by atomic mass is 10.0. The fraction of sp³-hybridized carbons (Fsp3) is 0.259. The number of nitrogens with zero attached hydrogens (tertiary/aromatic N) is 2. The minimum absolute atomic E-state index is 0.0566. The summed E-state index contributed by atoms with van der Waals surface area (Å²) in [4.78, 5) is 28.4. The summed E-state index contributed by atoms with van der Waals surface area (Å²) in [5.74, 6) is -0.334. The molecule has 3 aromatic carbocycles. The Balaban J connectivity index is 2.04. The molecule has 0 aromatic heterocycles. The molecule has 0 aliphatic heterocycles. The molecule has 10 heteroatoms. The van der Waals surface area contributed by atoms with Crippen molar-refractivity contribution in [3.8, 4) is 5.75 Å². The molecular formula is C27H30ClN3O5S. The van der Waals surface area contributed by atoms with E-state index in [4.69, 9.17) is 16.3 Å². The highest BCUT2D eigenvalue weighted by molar-refractivity contribution is 7.92. The Kier molecular flexibility index (Phi) is 9.54. The van der Waals surface area contributed by atoms with E-state index in [9.17, 15) is 18.0 Å². The molecule has 0 unspecified atom stereocenters. The molecule has 3 aromatic rings. The van der Waals surface area contributed by atoms with E-state index >= 15 is 0 Å². The molecule has 1 N–H and O–H groups in total. The number of anilines is 1. The number of carbonyl (C=O) groups is 2. The Labute approximate surface area is 222 Å². The second kappa shape index (κ2) is 12.6. The van der Waals surface area contributed by atoms with Crippen molar-refractivity contribution in [2.24, 2.45) is 0 Å². The summed E-state index contributed by atoms with van der Waals surface area (Å²) < 4.78 is 31.7. The van der Waals surface area contributed by atoms with E-state index < -0.39 is 28.5 Å². The van der Waals surface area contributed by atoms with Crippen LogP contribution in [0, 0.1) is 0 Å². The topological polar surface area (TPSA) is 96.0 Å². The number of benzene rings is 3. The normalized spacial score (nSPS) is 11.9. The summed E-state index contributed by atoms with van der Waals surface area (Å²) in [6, 6.07) is 22.0. The summed E-state index contributed by atoms with van der Waals surface area (Å²) in [7, 11) is -0.841. The monoisotopic (exact) mass is 543 g/mol. The van der Waals surface area contributed by atoms with Crippen LogP contribution in [-0.4, -0.2) is 58.1 Å². The van der Waals surface area contributed by atoms with Crippen LogP contribution in [0.2, 0.25) is 5.02 Å². The summed E-state index contributed by atoms with van der Waals surface area (Å²) in [6.45, 7) is -0.476. The number of rotatable bonds is 11. The Morgan fingerprint density at radius 1 is 0.973 bits per heavy atom. The first-order valence-electron chi connectivity index (χ1n) is 11.5. The first-order valence-corrected chi connectivity index (χ1v) is 13.8. The van der Waals surface area contributed by atoms with Gasteiger partial charge >= 0.3 is 0 Å².